The summed E-state index contributed by atoms with van der Waals surface area (Å²) in [4.78, 5) is 11.9. The first-order valence-electron chi connectivity index (χ1n) is 7.81. The number of amides is 1. The molecule has 0 saturated carbocycles. The molecule has 1 aromatic rings. The molecule has 0 saturated heterocycles. The molecule has 4 heteroatoms. The van der Waals surface area contributed by atoms with Gasteiger partial charge in [0.25, 0.3) is 0 Å². The third kappa shape index (κ3) is 7.71. The van der Waals surface area contributed by atoms with Crippen LogP contribution in [-0.2, 0) is 4.79 Å². The molecule has 1 unspecified atom stereocenters. The number of anilines is 1. The molecule has 0 aliphatic heterocycles. The van der Waals surface area contributed by atoms with E-state index >= 15 is 0 Å². The van der Waals surface area contributed by atoms with Gasteiger partial charge in [-0.3, -0.25) is 4.79 Å². The highest BCUT2D eigenvalue weighted by atomic mass is 16.5. The molecular weight excluding hydrogens is 264 g/mol. The van der Waals surface area contributed by atoms with Crippen LogP contribution in [0.3, 0.4) is 0 Å². The van der Waals surface area contributed by atoms with E-state index in [0.29, 0.717) is 12.5 Å². The van der Waals surface area contributed by atoms with Gasteiger partial charge in [0, 0.05) is 24.2 Å². The van der Waals surface area contributed by atoms with Crippen LogP contribution in [0.15, 0.2) is 24.3 Å². The average molecular weight is 292 g/mol. The topological polar surface area (TPSA) is 50.4 Å². The van der Waals surface area contributed by atoms with E-state index in [0.717, 1.165) is 30.8 Å². The molecule has 21 heavy (non-hydrogen) atoms. The van der Waals surface area contributed by atoms with Gasteiger partial charge >= 0.3 is 0 Å². The molecule has 0 heterocycles. The third-order valence-electron chi connectivity index (χ3n) is 3.16. The molecule has 0 aliphatic carbocycles. The van der Waals surface area contributed by atoms with E-state index in [4.69, 9.17) is 4.74 Å². The zero-order chi connectivity index (χ0) is 15.7. The number of carbonyl (C=O) groups is 1. The maximum atomic E-state index is 11.9. The highest BCUT2D eigenvalue weighted by Gasteiger charge is 2.05. The van der Waals surface area contributed by atoms with Gasteiger partial charge in [-0.15, -0.1) is 0 Å². The highest BCUT2D eigenvalue weighted by molar-refractivity contribution is 5.90. The standard InChI is InChI=1S/C17H28N2O2/c1-5-14(4)21-16-9-6-8-15(12-16)19-17(20)10-7-11-18-13(2)3/h6,8-9,12-14,18H,5,7,10-11H2,1-4H3,(H,19,20). The molecule has 0 radical (unpaired) electrons. The van der Waals surface area contributed by atoms with Crippen LogP contribution in [-0.4, -0.2) is 24.6 Å². The number of benzene rings is 1. The summed E-state index contributed by atoms with van der Waals surface area (Å²) in [6, 6.07) is 8.02. The van der Waals surface area contributed by atoms with Crippen molar-refractivity contribution in [3.63, 3.8) is 0 Å². The zero-order valence-corrected chi connectivity index (χ0v) is 13.6. The molecule has 2 N–H and O–H groups in total. The van der Waals surface area contributed by atoms with Gasteiger partial charge in [0.05, 0.1) is 6.10 Å². The fraction of sp³-hybridized carbons (Fsp3) is 0.588. The Morgan fingerprint density at radius 1 is 1.29 bits per heavy atom. The van der Waals surface area contributed by atoms with Gasteiger partial charge in [-0.05, 0) is 38.4 Å². The summed E-state index contributed by atoms with van der Waals surface area (Å²) >= 11 is 0. The SMILES string of the molecule is CCC(C)Oc1cccc(NC(=O)CCCNC(C)C)c1. The Kier molecular flexibility index (Phi) is 7.83. The fourth-order valence-corrected chi connectivity index (χ4v) is 1.83. The fourth-order valence-electron chi connectivity index (χ4n) is 1.83. The van der Waals surface area contributed by atoms with Crippen LogP contribution in [0.25, 0.3) is 0 Å². The number of ether oxygens (including phenoxy) is 1. The van der Waals surface area contributed by atoms with Crippen LogP contribution in [0.1, 0.15) is 47.0 Å². The third-order valence-corrected chi connectivity index (χ3v) is 3.16. The molecular formula is C17H28N2O2. The summed E-state index contributed by atoms with van der Waals surface area (Å²) in [5.41, 5.74) is 0.789. The van der Waals surface area contributed by atoms with Gasteiger partial charge in [0.15, 0.2) is 0 Å². The Hall–Kier alpha value is -1.55. The maximum Gasteiger partial charge on any atom is 0.224 e. The first-order valence-corrected chi connectivity index (χ1v) is 7.81. The van der Waals surface area contributed by atoms with Gasteiger partial charge in [-0.1, -0.05) is 26.8 Å². The van der Waals surface area contributed by atoms with Crippen molar-refractivity contribution in [3.05, 3.63) is 24.3 Å². The van der Waals surface area contributed by atoms with Crippen LogP contribution < -0.4 is 15.4 Å². The Morgan fingerprint density at radius 2 is 2.05 bits per heavy atom. The van der Waals surface area contributed by atoms with Gasteiger partial charge in [0.1, 0.15) is 5.75 Å². The predicted molar refractivity (Wildman–Crippen MR) is 87.8 cm³/mol. The van der Waals surface area contributed by atoms with Crippen LogP contribution in [0.5, 0.6) is 5.75 Å². The number of carbonyl (C=O) groups excluding carboxylic acids is 1. The number of hydrogen-bond donors (Lipinski definition) is 2. The molecule has 0 fully saturated rings. The van der Waals surface area contributed by atoms with E-state index in [1.165, 1.54) is 0 Å². The van der Waals surface area contributed by atoms with E-state index in [1.807, 2.05) is 31.2 Å². The summed E-state index contributed by atoms with van der Waals surface area (Å²) in [6.45, 7) is 9.18. The molecule has 0 spiro atoms. The molecule has 1 atom stereocenters. The minimum absolute atomic E-state index is 0.0428. The minimum Gasteiger partial charge on any atom is -0.491 e. The lowest BCUT2D eigenvalue weighted by Gasteiger charge is -2.13. The normalized spacial score (nSPS) is 12.2. The summed E-state index contributed by atoms with van der Waals surface area (Å²) in [5.74, 6) is 0.838. The second-order valence-electron chi connectivity index (χ2n) is 5.63. The quantitative estimate of drug-likeness (QED) is 0.684. The molecule has 1 aromatic carbocycles. The molecule has 0 aliphatic rings. The lowest BCUT2D eigenvalue weighted by molar-refractivity contribution is -0.116. The van der Waals surface area contributed by atoms with Crippen molar-refractivity contribution in [2.45, 2.75) is 59.1 Å². The van der Waals surface area contributed by atoms with Crippen LogP contribution in [0, 0.1) is 0 Å². The number of hydrogen-bond acceptors (Lipinski definition) is 3. The summed E-state index contributed by atoms with van der Waals surface area (Å²) in [6.07, 6.45) is 2.50. The Balaban J connectivity index is 2.40. The summed E-state index contributed by atoms with van der Waals surface area (Å²) in [7, 11) is 0. The van der Waals surface area contributed by atoms with Crippen molar-refractivity contribution in [2.24, 2.45) is 0 Å². The van der Waals surface area contributed by atoms with E-state index in [-0.39, 0.29) is 12.0 Å². The Morgan fingerprint density at radius 3 is 2.71 bits per heavy atom. The zero-order valence-electron chi connectivity index (χ0n) is 13.6. The Labute approximate surface area is 128 Å². The molecule has 1 rings (SSSR count). The minimum atomic E-state index is 0.0428. The van der Waals surface area contributed by atoms with Crippen molar-refractivity contribution in [2.75, 3.05) is 11.9 Å². The molecule has 0 bridgehead atoms. The second kappa shape index (κ2) is 9.40. The van der Waals surface area contributed by atoms with Gasteiger partial charge in [0.2, 0.25) is 5.91 Å². The predicted octanol–water partition coefficient (Wildman–Crippen LogP) is 3.58. The molecule has 4 nitrogen and oxygen atoms in total. The van der Waals surface area contributed by atoms with E-state index in [1.54, 1.807) is 0 Å². The highest BCUT2D eigenvalue weighted by Crippen LogP contribution is 2.19. The lowest BCUT2D eigenvalue weighted by Crippen LogP contribution is -2.24. The van der Waals surface area contributed by atoms with Crippen molar-refractivity contribution in [1.29, 1.82) is 0 Å². The lowest BCUT2D eigenvalue weighted by atomic mass is 10.2. The molecule has 118 valence electrons. The smallest absolute Gasteiger partial charge is 0.224 e. The first kappa shape index (κ1) is 17.5. The van der Waals surface area contributed by atoms with E-state index in [9.17, 15) is 4.79 Å². The first-order chi connectivity index (χ1) is 10.0. The number of rotatable bonds is 9. The van der Waals surface area contributed by atoms with Crippen molar-refractivity contribution >= 4 is 11.6 Å². The Bertz CT molecular complexity index is 433. The maximum absolute atomic E-state index is 11.9. The van der Waals surface area contributed by atoms with Crippen molar-refractivity contribution in [3.8, 4) is 5.75 Å². The second-order valence-corrected chi connectivity index (χ2v) is 5.63. The van der Waals surface area contributed by atoms with Crippen LogP contribution >= 0.6 is 0 Å². The van der Waals surface area contributed by atoms with Crippen molar-refractivity contribution < 1.29 is 9.53 Å². The molecule has 1 amide bonds. The summed E-state index contributed by atoms with van der Waals surface area (Å²) in [5, 5.41) is 6.22. The van der Waals surface area contributed by atoms with Crippen molar-refractivity contribution in [1.82, 2.24) is 5.32 Å². The summed E-state index contributed by atoms with van der Waals surface area (Å²) < 4.78 is 5.75. The average Bonchev–Trinajstić information content (AvgIpc) is 2.43. The van der Waals surface area contributed by atoms with Gasteiger partial charge < -0.3 is 15.4 Å². The number of nitrogens with one attached hydrogen (secondary N) is 2. The van der Waals surface area contributed by atoms with Crippen LogP contribution in [0.2, 0.25) is 0 Å². The van der Waals surface area contributed by atoms with Crippen LogP contribution in [0.4, 0.5) is 5.69 Å². The largest absolute Gasteiger partial charge is 0.491 e. The molecule has 0 aromatic heterocycles. The van der Waals surface area contributed by atoms with Gasteiger partial charge in [-0.25, -0.2) is 0 Å². The monoisotopic (exact) mass is 292 g/mol. The van der Waals surface area contributed by atoms with E-state index < -0.39 is 0 Å². The van der Waals surface area contributed by atoms with E-state index in [2.05, 4.69) is 31.4 Å². The van der Waals surface area contributed by atoms with Gasteiger partial charge in [-0.2, -0.15) is 0 Å².